The number of aromatic nitrogens is 2. The molecule has 0 bridgehead atoms. The van der Waals surface area contributed by atoms with Gasteiger partial charge in [0.2, 0.25) is 11.6 Å². The molecule has 0 unspecified atom stereocenters. The van der Waals surface area contributed by atoms with Crippen molar-refractivity contribution in [2.24, 2.45) is 0 Å². The molecular formula is C19H26N6O2. The predicted octanol–water partition coefficient (Wildman–Crippen LogP) is 3.64. The van der Waals surface area contributed by atoms with Gasteiger partial charge in [0, 0.05) is 18.8 Å². The molecule has 0 aliphatic carbocycles. The van der Waals surface area contributed by atoms with Gasteiger partial charge in [0.05, 0.1) is 4.92 Å². The third-order valence-electron chi connectivity index (χ3n) is 5.03. The maximum atomic E-state index is 11.7. The van der Waals surface area contributed by atoms with E-state index >= 15 is 0 Å². The second kappa shape index (κ2) is 8.77. The van der Waals surface area contributed by atoms with Crippen LogP contribution in [0.1, 0.15) is 30.4 Å². The number of benzene rings is 1. The average Bonchev–Trinajstić information content (AvgIpc) is 2.66. The molecule has 1 fully saturated rings. The van der Waals surface area contributed by atoms with E-state index in [0.717, 1.165) is 36.4 Å². The summed E-state index contributed by atoms with van der Waals surface area (Å²) in [5.74, 6) is 0.448. The first-order chi connectivity index (χ1) is 13.1. The second-order valence-electron chi connectivity index (χ2n) is 6.88. The van der Waals surface area contributed by atoms with Crippen molar-refractivity contribution in [1.29, 1.82) is 0 Å². The highest BCUT2D eigenvalue weighted by atomic mass is 16.6. The highest BCUT2D eigenvalue weighted by molar-refractivity contribution is 5.75. The molecule has 8 heteroatoms. The number of nitrogens with one attached hydrogen (secondary N) is 2. The van der Waals surface area contributed by atoms with Crippen molar-refractivity contribution >= 4 is 23.0 Å². The molecule has 2 aromatic rings. The van der Waals surface area contributed by atoms with Crippen molar-refractivity contribution in [1.82, 2.24) is 14.9 Å². The number of hydrogen-bond donors (Lipinski definition) is 2. The van der Waals surface area contributed by atoms with Gasteiger partial charge in [0.15, 0.2) is 0 Å². The molecule has 3 rings (SSSR count). The summed E-state index contributed by atoms with van der Waals surface area (Å²) < 4.78 is 0. The summed E-state index contributed by atoms with van der Waals surface area (Å²) in [6.07, 6.45) is 5.08. The maximum absolute atomic E-state index is 11.7. The van der Waals surface area contributed by atoms with E-state index in [4.69, 9.17) is 0 Å². The number of likely N-dealkylation sites (tertiary alicyclic amines) is 1. The van der Waals surface area contributed by atoms with Gasteiger partial charge in [-0.3, -0.25) is 10.1 Å². The van der Waals surface area contributed by atoms with Gasteiger partial charge in [-0.2, -0.15) is 0 Å². The summed E-state index contributed by atoms with van der Waals surface area (Å²) in [6, 6.07) is 5.80. The number of hydrogen-bond acceptors (Lipinski definition) is 7. The minimum absolute atomic E-state index is 0.128. The number of aryl methyl sites for hydroxylation is 1. The summed E-state index contributed by atoms with van der Waals surface area (Å²) in [6.45, 7) is 7.62. The average molecular weight is 370 g/mol. The fourth-order valence-corrected chi connectivity index (χ4v) is 3.30. The van der Waals surface area contributed by atoms with E-state index in [9.17, 15) is 10.1 Å². The first-order valence-corrected chi connectivity index (χ1v) is 9.35. The van der Waals surface area contributed by atoms with Crippen LogP contribution in [0.15, 0.2) is 24.5 Å². The fourth-order valence-electron chi connectivity index (χ4n) is 3.30. The van der Waals surface area contributed by atoms with Gasteiger partial charge in [0.1, 0.15) is 6.33 Å². The molecule has 1 aliphatic heterocycles. The minimum atomic E-state index is -0.434. The highest BCUT2D eigenvalue weighted by Crippen LogP contribution is 2.32. The zero-order valence-electron chi connectivity index (χ0n) is 15.9. The van der Waals surface area contributed by atoms with E-state index in [1.54, 1.807) is 0 Å². The number of anilines is 3. The fraction of sp³-hybridized carbons (Fsp3) is 0.474. The number of nitro groups is 1. The van der Waals surface area contributed by atoms with E-state index in [0.29, 0.717) is 6.54 Å². The van der Waals surface area contributed by atoms with Crippen LogP contribution in [-0.4, -0.2) is 46.0 Å². The van der Waals surface area contributed by atoms with E-state index in [-0.39, 0.29) is 17.3 Å². The predicted molar refractivity (Wildman–Crippen MR) is 107 cm³/mol. The largest absolute Gasteiger partial charge is 0.363 e. The monoisotopic (exact) mass is 370 g/mol. The van der Waals surface area contributed by atoms with E-state index in [2.05, 4.69) is 25.5 Å². The molecule has 0 amide bonds. The first kappa shape index (κ1) is 19.0. The molecule has 1 saturated heterocycles. The van der Waals surface area contributed by atoms with Crippen molar-refractivity contribution in [3.05, 3.63) is 45.8 Å². The van der Waals surface area contributed by atoms with Gasteiger partial charge in [-0.05, 0) is 57.0 Å². The van der Waals surface area contributed by atoms with Crippen molar-refractivity contribution in [3.63, 3.8) is 0 Å². The molecule has 2 heterocycles. The normalized spacial score (nSPS) is 14.7. The molecule has 8 nitrogen and oxygen atoms in total. The Balaban J connectivity index is 1.75. The number of piperidine rings is 1. The van der Waals surface area contributed by atoms with Crippen LogP contribution in [0.25, 0.3) is 0 Å². The topological polar surface area (TPSA) is 96.2 Å². The summed E-state index contributed by atoms with van der Waals surface area (Å²) in [7, 11) is 0. The third kappa shape index (κ3) is 4.71. The van der Waals surface area contributed by atoms with Crippen LogP contribution in [0, 0.1) is 24.0 Å². The van der Waals surface area contributed by atoms with Crippen LogP contribution in [0.3, 0.4) is 0 Å². The lowest BCUT2D eigenvalue weighted by Gasteiger charge is -2.26. The van der Waals surface area contributed by atoms with E-state index in [1.807, 2.05) is 32.0 Å². The molecule has 144 valence electrons. The third-order valence-corrected chi connectivity index (χ3v) is 5.03. The number of nitrogens with zero attached hydrogens (tertiary/aromatic N) is 4. The summed E-state index contributed by atoms with van der Waals surface area (Å²) in [5, 5.41) is 17.9. The van der Waals surface area contributed by atoms with Crippen molar-refractivity contribution in [2.75, 3.05) is 36.8 Å². The second-order valence-corrected chi connectivity index (χ2v) is 6.88. The van der Waals surface area contributed by atoms with Crippen LogP contribution in [0.4, 0.5) is 23.0 Å². The standard InChI is InChI=1S/C19H26N6O2/c1-14-7-6-8-16(15(14)2)23-19-17(25(26)27)18(21-13-22-19)20-9-12-24-10-4-3-5-11-24/h6-8,13H,3-5,9-12H2,1-2H3,(H2,20,21,22,23). The Morgan fingerprint density at radius 1 is 1.15 bits per heavy atom. The van der Waals surface area contributed by atoms with Gasteiger partial charge in [-0.1, -0.05) is 18.6 Å². The summed E-state index contributed by atoms with van der Waals surface area (Å²) >= 11 is 0. The molecule has 0 saturated carbocycles. The molecule has 27 heavy (non-hydrogen) atoms. The summed E-state index contributed by atoms with van der Waals surface area (Å²) in [4.78, 5) is 21.8. The minimum Gasteiger partial charge on any atom is -0.363 e. The molecule has 0 radical (unpaired) electrons. The van der Waals surface area contributed by atoms with Crippen LogP contribution in [-0.2, 0) is 0 Å². The Labute approximate surface area is 159 Å². The number of rotatable bonds is 7. The van der Waals surface area contributed by atoms with Crippen LogP contribution >= 0.6 is 0 Å². The first-order valence-electron chi connectivity index (χ1n) is 9.35. The lowest BCUT2D eigenvalue weighted by Crippen LogP contribution is -2.33. The molecule has 0 atom stereocenters. The lowest BCUT2D eigenvalue weighted by molar-refractivity contribution is -0.383. The summed E-state index contributed by atoms with van der Waals surface area (Å²) in [5.41, 5.74) is 2.81. The van der Waals surface area contributed by atoms with Gasteiger partial charge < -0.3 is 15.5 Å². The Kier molecular flexibility index (Phi) is 6.18. The van der Waals surface area contributed by atoms with Crippen LogP contribution in [0.5, 0.6) is 0 Å². The van der Waals surface area contributed by atoms with Gasteiger partial charge in [-0.15, -0.1) is 0 Å². The molecule has 1 aliphatic rings. The molecule has 0 spiro atoms. The molecular weight excluding hydrogens is 344 g/mol. The quantitative estimate of drug-likeness (QED) is 0.567. The van der Waals surface area contributed by atoms with Gasteiger partial charge in [-0.25, -0.2) is 9.97 Å². The Morgan fingerprint density at radius 3 is 2.63 bits per heavy atom. The van der Waals surface area contributed by atoms with Crippen molar-refractivity contribution in [3.8, 4) is 0 Å². The Morgan fingerprint density at radius 2 is 1.89 bits per heavy atom. The SMILES string of the molecule is Cc1cccc(Nc2ncnc(NCCN3CCCCC3)c2[N+](=O)[O-])c1C. The van der Waals surface area contributed by atoms with E-state index < -0.39 is 4.92 Å². The maximum Gasteiger partial charge on any atom is 0.353 e. The van der Waals surface area contributed by atoms with Gasteiger partial charge in [0.25, 0.3) is 0 Å². The van der Waals surface area contributed by atoms with E-state index in [1.165, 1.54) is 25.6 Å². The molecule has 1 aromatic carbocycles. The highest BCUT2D eigenvalue weighted by Gasteiger charge is 2.23. The zero-order valence-corrected chi connectivity index (χ0v) is 15.9. The molecule has 1 aromatic heterocycles. The molecule has 2 N–H and O–H groups in total. The zero-order chi connectivity index (χ0) is 19.2. The smallest absolute Gasteiger partial charge is 0.353 e. The lowest BCUT2D eigenvalue weighted by atomic mass is 10.1. The van der Waals surface area contributed by atoms with Crippen LogP contribution in [0.2, 0.25) is 0 Å². The Hall–Kier alpha value is -2.74. The van der Waals surface area contributed by atoms with Crippen molar-refractivity contribution in [2.45, 2.75) is 33.1 Å². The van der Waals surface area contributed by atoms with Crippen molar-refractivity contribution < 1.29 is 4.92 Å². The Bertz CT molecular complexity index is 805. The van der Waals surface area contributed by atoms with Gasteiger partial charge >= 0.3 is 5.69 Å². The van der Waals surface area contributed by atoms with Crippen LogP contribution < -0.4 is 10.6 Å².